The van der Waals surface area contributed by atoms with Crippen molar-refractivity contribution < 1.29 is 0 Å². The van der Waals surface area contributed by atoms with Crippen LogP contribution in [0.5, 0.6) is 0 Å². The van der Waals surface area contributed by atoms with E-state index >= 15 is 0 Å². The van der Waals surface area contributed by atoms with E-state index in [0.29, 0.717) is 0 Å². The number of benzene rings is 5. The van der Waals surface area contributed by atoms with E-state index in [2.05, 4.69) is 156 Å². The van der Waals surface area contributed by atoms with E-state index in [9.17, 15) is 0 Å². The highest BCUT2D eigenvalue weighted by Crippen LogP contribution is 2.67. The fraction of sp³-hybridized carbons (Fsp3) is 0.0385. The first-order valence-corrected chi connectivity index (χ1v) is 20.5. The molecule has 0 saturated heterocycles. The molecule has 3 aliphatic carbocycles. The van der Waals surface area contributed by atoms with Gasteiger partial charge in [-0.1, -0.05) is 109 Å². The van der Waals surface area contributed by atoms with Gasteiger partial charge in [-0.05, 0) is 105 Å². The molecular formula is C52H29N5S. The van der Waals surface area contributed by atoms with Crippen LogP contribution in [-0.2, 0) is 10.8 Å². The third-order valence-electron chi connectivity index (χ3n) is 13.3. The van der Waals surface area contributed by atoms with Gasteiger partial charge in [-0.25, -0.2) is 0 Å². The van der Waals surface area contributed by atoms with Gasteiger partial charge in [0, 0.05) is 44.7 Å². The lowest BCUT2D eigenvalue weighted by atomic mass is 9.66. The average Bonchev–Trinajstić information content (AvgIpc) is 3.97. The summed E-state index contributed by atoms with van der Waals surface area (Å²) in [6.45, 7) is 0. The molecule has 2 spiro atoms. The molecular weight excluding hydrogens is 727 g/mol. The molecule has 0 bridgehead atoms. The Morgan fingerprint density at radius 2 is 0.914 bits per heavy atom. The molecule has 0 radical (unpaired) electrons. The SMILES string of the molecule is c1ccc2c(c1)Sc1cc3c(cc1C21c2cccnc2-c2ncc(-n4c5ccccc5c5ccccc54)cc21)-c1ccccc1C31c2cccnc2-c2ncccc21. The summed E-state index contributed by atoms with van der Waals surface area (Å²) in [5, 5.41) is 2.46. The van der Waals surface area contributed by atoms with Gasteiger partial charge in [0.2, 0.25) is 0 Å². The minimum absolute atomic E-state index is 0.545. The average molecular weight is 756 g/mol. The molecule has 6 heterocycles. The Morgan fingerprint density at radius 3 is 1.59 bits per heavy atom. The van der Waals surface area contributed by atoms with Crippen LogP contribution >= 0.6 is 11.8 Å². The van der Waals surface area contributed by atoms with Crippen molar-refractivity contribution in [2.24, 2.45) is 0 Å². The number of fused-ring (bicyclic) bond motifs is 22. The van der Waals surface area contributed by atoms with Crippen LogP contribution in [-0.4, -0.2) is 24.5 Å². The minimum atomic E-state index is -0.674. The largest absolute Gasteiger partial charge is 0.308 e. The Kier molecular flexibility index (Phi) is 5.78. The third kappa shape index (κ3) is 3.50. The van der Waals surface area contributed by atoms with Crippen molar-refractivity contribution in [2.75, 3.05) is 0 Å². The minimum Gasteiger partial charge on any atom is -0.308 e. The first kappa shape index (κ1) is 31.0. The molecule has 0 fully saturated rings. The Bertz CT molecular complexity index is 3380. The third-order valence-corrected chi connectivity index (χ3v) is 14.4. The highest BCUT2D eigenvalue weighted by molar-refractivity contribution is 7.99. The molecule has 5 aromatic carbocycles. The lowest BCUT2D eigenvalue weighted by molar-refractivity contribution is 0.714. The normalized spacial score (nSPS) is 16.8. The van der Waals surface area contributed by atoms with E-state index in [1.807, 2.05) is 36.5 Å². The fourth-order valence-electron chi connectivity index (χ4n) is 11.2. The summed E-state index contributed by atoms with van der Waals surface area (Å²) < 4.78 is 2.38. The maximum atomic E-state index is 5.38. The molecule has 10 aromatic rings. The van der Waals surface area contributed by atoms with Crippen molar-refractivity contribution in [1.29, 1.82) is 0 Å². The topological polar surface area (TPSA) is 56.5 Å². The van der Waals surface area contributed by atoms with Crippen LogP contribution in [0.25, 0.3) is 61.4 Å². The quantitative estimate of drug-likeness (QED) is 0.167. The fourth-order valence-corrected chi connectivity index (χ4v) is 12.4. The van der Waals surface area contributed by atoms with Crippen molar-refractivity contribution in [3.05, 3.63) is 221 Å². The van der Waals surface area contributed by atoms with Crippen molar-refractivity contribution in [1.82, 2.24) is 24.5 Å². The van der Waals surface area contributed by atoms with Gasteiger partial charge in [0.05, 0.1) is 56.5 Å². The number of pyridine rings is 4. The predicted octanol–water partition coefficient (Wildman–Crippen LogP) is 11.5. The molecule has 5 aromatic heterocycles. The van der Waals surface area contributed by atoms with Crippen LogP contribution in [0.4, 0.5) is 0 Å². The van der Waals surface area contributed by atoms with Crippen LogP contribution in [0.3, 0.4) is 0 Å². The molecule has 5 nitrogen and oxygen atoms in total. The smallest absolute Gasteiger partial charge is 0.0939 e. The molecule has 1 aliphatic heterocycles. The summed E-state index contributed by atoms with van der Waals surface area (Å²) in [7, 11) is 0. The van der Waals surface area contributed by atoms with Crippen LogP contribution in [0.2, 0.25) is 0 Å². The first-order chi connectivity index (χ1) is 28.8. The number of aromatic nitrogens is 5. The first-order valence-electron chi connectivity index (χ1n) is 19.7. The maximum absolute atomic E-state index is 5.38. The van der Waals surface area contributed by atoms with E-state index in [0.717, 1.165) is 50.6 Å². The van der Waals surface area contributed by atoms with Gasteiger partial charge in [-0.3, -0.25) is 19.9 Å². The lowest BCUT2D eigenvalue weighted by Crippen LogP contribution is -2.33. The van der Waals surface area contributed by atoms with E-state index in [4.69, 9.17) is 19.9 Å². The lowest BCUT2D eigenvalue weighted by Gasteiger charge is -2.40. The van der Waals surface area contributed by atoms with Gasteiger partial charge in [-0.2, -0.15) is 0 Å². The highest BCUT2D eigenvalue weighted by atomic mass is 32.2. The Labute approximate surface area is 337 Å². The summed E-state index contributed by atoms with van der Waals surface area (Å²) in [6.07, 6.45) is 7.74. The second kappa shape index (κ2) is 10.8. The van der Waals surface area contributed by atoms with E-state index < -0.39 is 10.8 Å². The molecule has 14 rings (SSSR count). The molecule has 58 heavy (non-hydrogen) atoms. The van der Waals surface area contributed by atoms with Crippen molar-refractivity contribution in [3.8, 4) is 39.6 Å². The number of hydrogen-bond acceptors (Lipinski definition) is 5. The Balaban J connectivity index is 1.11. The van der Waals surface area contributed by atoms with Gasteiger partial charge < -0.3 is 4.57 Å². The Morgan fingerprint density at radius 1 is 0.379 bits per heavy atom. The summed E-state index contributed by atoms with van der Waals surface area (Å²) in [5.41, 5.74) is 18.2. The van der Waals surface area contributed by atoms with E-state index in [-0.39, 0.29) is 0 Å². The number of hydrogen-bond donors (Lipinski definition) is 0. The summed E-state index contributed by atoms with van der Waals surface area (Å²) in [4.78, 5) is 22.9. The molecule has 268 valence electrons. The van der Waals surface area contributed by atoms with Crippen molar-refractivity contribution in [2.45, 2.75) is 20.6 Å². The molecule has 6 heteroatoms. The summed E-state index contributed by atoms with van der Waals surface area (Å²) in [5.74, 6) is 0. The summed E-state index contributed by atoms with van der Waals surface area (Å²) >= 11 is 1.87. The van der Waals surface area contributed by atoms with Gasteiger partial charge in [0.15, 0.2) is 0 Å². The monoisotopic (exact) mass is 755 g/mol. The van der Waals surface area contributed by atoms with Crippen LogP contribution in [0, 0.1) is 0 Å². The number of nitrogens with zero attached hydrogens (tertiary/aromatic N) is 5. The highest BCUT2D eigenvalue weighted by Gasteiger charge is 2.56. The molecule has 1 atom stereocenters. The van der Waals surface area contributed by atoms with Gasteiger partial charge in [0.25, 0.3) is 0 Å². The van der Waals surface area contributed by atoms with Crippen LogP contribution < -0.4 is 0 Å². The zero-order valence-electron chi connectivity index (χ0n) is 30.9. The molecule has 0 saturated carbocycles. The standard InChI is InChI=1S/C52H29N5S/c1-4-15-35-31(12-1)34-27-41-46(28-40(34)51(35)37-17-9-23-53-47(37)48-38(51)18-10-24-54-48)58-45-22-8-5-16-36(45)52(41)39-19-11-25-55-49(39)50-42(52)26-30(29-56-50)57-43-20-6-2-13-32(43)33-14-3-7-21-44(33)57/h1-29H. The van der Waals surface area contributed by atoms with Crippen LogP contribution in [0.1, 0.15) is 44.5 Å². The molecule has 4 aliphatic rings. The molecule has 1 unspecified atom stereocenters. The number of rotatable bonds is 1. The Hall–Kier alpha value is -7.15. The molecule has 0 amide bonds. The van der Waals surface area contributed by atoms with Gasteiger partial charge in [-0.15, -0.1) is 0 Å². The van der Waals surface area contributed by atoms with Crippen molar-refractivity contribution in [3.63, 3.8) is 0 Å². The number of para-hydroxylation sites is 2. The maximum Gasteiger partial charge on any atom is 0.0939 e. The second-order valence-electron chi connectivity index (χ2n) is 15.7. The molecule has 0 N–H and O–H groups in total. The summed E-state index contributed by atoms with van der Waals surface area (Å²) in [6, 6.07) is 55.8. The van der Waals surface area contributed by atoms with Crippen molar-refractivity contribution >= 4 is 33.6 Å². The van der Waals surface area contributed by atoms with E-state index in [1.165, 1.54) is 65.1 Å². The zero-order chi connectivity index (χ0) is 37.7. The van der Waals surface area contributed by atoms with Gasteiger partial charge >= 0.3 is 0 Å². The van der Waals surface area contributed by atoms with Crippen LogP contribution in [0.15, 0.2) is 186 Å². The van der Waals surface area contributed by atoms with E-state index in [1.54, 1.807) is 0 Å². The second-order valence-corrected chi connectivity index (χ2v) is 16.8. The zero-order valence-corrected chi connectivity index (χ0v) is 31.7. The predicted molar refractivity (Wildman–Crippen MR) is 230 cm³/mol. The van der Waals surface area contributed by atoms with Gasteiger partial charge in [0.1, 0.15) is 0 Å².